The SMILES string of the molecule is CCC1(NS(=O)(=O)CCCC(=O)O)CCC1. The van der Waals surface area contributed by atoms with E-state index in [-0.39, 0.29) is 24.1 Å². The first-order chi connectivity index (χ1) is 7.39. The summed E-state index contributed by atoms with van der Waals surface area (Å²) in [5.41, 5.74) is -0.248. The summed E-state index contributed by atoms with van der Waals surface area (Å²) in [5.74, 6) is -1.05. The molecule has 0 saturated heterocycles. The topological polar surface area (TPSA) is 83.5 Å². The number of sulfonamides is 1. The van der Waals surface area contributed by atoms with Crippen LogP contribution in [0.2, 0.25) is 0 Å². The summed E-state index contributed by atoms with van der Waals surface area (Å²) >= 11 is 0. The molecule has 0 unspecified atom stereocenters. The lowest BCUT2D eigenvalue weighted by Crippen LogP contribution is -2.53. The lowest BCUT2D eigenvalue weighted by molar-refractivity contribution is -0.137. The molecule has 0 aromatic carbocycles. The normalized spacial score (nSPS) is 19.1. The molecule has 2 N–H and O–H groups in total. The molecule has 1 aliphatic rings. The molecule has 0 spiro atoms. The van der Waals surface area contributed by atoms with Crippen LogP contribution in [0, 0.1) is 0 Å². The minimum atomic E-state index is -3.32. The molecule has 0 aromatic heterocycles. The van der Waals surface area contributed by atoms with Crippen molar-refractivity contribution in [2.75, 3.05) is 5.75 Å². The summed E-state index contributed by atoms with van der Waals surface area (Å²) < 4.78 is 26.1. The zero-order chi connectivity index (χ0) is 12.2. The van der Waals surface area contributed by atoms with Gasteiger partial charge in [0.05, 0.1) is 5.75 Å². The van der Waals surface area contributed by atoms with E-state index in [1.165, 1.54) is 0 Å². The smallest absolute Gasteiger partial charge is 0.303 e. The fraction of sp³-hybridized carbons (Fsp3) is 0.900. The molecule has 5 nitrogen and oxygen atoms in total. The largest absolute Gasteiger partial charge is 0.481 e. The van der Waals surface area contributed by atoms with Crippen LogP contribution in [-0.2, 0) is 14.8 Å². The van der Waals surface area contributed by atoms with Gasteiger partial charge in [0.15, 0.2) is 0 Å². The molecule has 1 rings (SSSR count). The highest BCUT2D eigenvalue weighted by molar-refractivity contribution is 7.89. The van der Waals surface area contributed by atoms with Crippen molar-refractivity contribution in [1.29, 1.82) is 0 Å². The average molecular weight is 249 g/mol. The molecule has 16 heavy (non-hydrogen) atoms. The third-order valence-electron chi connectivity index (χ3n) is 3.16. The number of aliphatic carboxylic acids is 1. The van der Waals surface area contributed by atoms with Crippen molar-refractivity contribution >= 4 is 16.0 Å². The molecule has 94 valence electrons. The van der Waals surface area contributed by atoms with Gasteiger partial charge < -0.3 is 5.11 Å². The second kappa shape index (κ2) is 5.14. The molecular formula is C10H19NO4S. The van der Waals surface area contributed by atoms with Crippen LogP contribution in [0.3, 0.4) is 0 Å². The van der Waals surface area contributed by atoms with Gasteiger partial charge in [-0.3, -0.25) is 4.79 Å². The van der Waals surface area contributed by atoms with Crippen LogP contribution in [0.5, 0.6) is 0 Å². The number of carbonyl (C=O) groups is 1. The van der Waals surface area contributed by atoms with Crippen LogP contribution in [0.15, 0.2) is 0 Å². The van der Waals surface area contributed by atoms with Crippen molar-refractivity contribution in [3.63, 3.8) is 0 Å². The Morgan fingerprint density at radius 1 is 1.44 bits per heavy atom. The summed E-state index contributed by atoms with van der Waals surface area (Å²) in [6, 6.07) is 0. The van der Waals surface area contributed by atoms with E-state index < -0.39 is 16.0 Å². The van der Waals surface area contributed by atoms with Gasteiger partial charge in [0.1, 0.15) is 0 Å². The third-order valence-corrected chi connectivity index (χ3v) is 4.73. The maximum Gasteiger partial charge on any atom is 0.303 e. The maximum atomic E-state index is 11.7. The number of nitrogens with one attached hydrogen (secondary N) is 1. The number of rotatable bonds is 7. The quantitative estimate of drug-likeness (QED) is 0.707. The Hall–Kier alpha value is -0.620. The standard InChI is InChI=1S/C10H19NO4S/c1-2-10(6-4-7-10)11-16(14,15)8-3-5-9(12)13/h11H,2-8H2,1H3,(H,12,13). The summed E-state index contributed by atoms with van der Waals surface area (Å²) in [7, 11) is -3.32. The van der Waals surface area contributed by atoms with Crippen LogP contribution in [-0.4, -0.2) is 30.8 Å². The van der Waals surface area contributed by atoms with Crippen LogP contribution < -0.4 is 4.72 Å². The van der Waals surface area contributed by atoms with Crippen molar-refractivity contribution in [3.05, 3.63) is 0 Å². The molecule has 1 aliphatic carbocycles. The first-order valence-electron chi connectivity index (χ1n) is 5.63. The van der Waals surface area contributed by atoms with Gasteiger partial charge >= 0.3 is 5.97 Å². The first kappa shape index (κ1) is 13.4. The molecule has 0 radical (unpaired) electrons. The predicted octanol–water partition coefficient (Wildman–Crippen LogP) is 1.10. The molecular weight excluding hydrogens is 230 g/mol. The van der Waals surface area contributed by atoms with Gasteiger partial charge in [-0.1, -0.05) is 6.92 Å². The van der Waals surface area contributed by atoms with E-state index in [1.54, 1.807) is 0 Å². The summed E-state index contributed by atoms with van der Waals surface area (Å²) in [6.45, 7) is 1.97. The van der Waals surface area contributed by atoms with E-state index in [9.17, 15) is 13.2 Å². The third kappa shape index (κ3) is 3.75. The highest BCUT2D eigenvalue weighted by atomic mass is 32.2. The molecule has 1 saturated carbocycles. The summed E-state index contributed by atoms with van der Waals surface area (Å²) in [5, 5.41) is 8.43. The second-order valence-electron chi connectivity index (χ2n) is 4.41. The Bertz CT molecular complexity index is 340. The molecule has 0 aromatic rings. The highest BCUT2D eigenvalue weighted by Gasteiger charge is 2.38. The number of carboxylic acids is 1. The summed E-state index contributed by atoms with van der Waals surface area (Å²) in [6.07, 6.45) is 3.71. The van der Waals surface area contributed by atoms with E-state index >= 15 is 0 Å². The molecule has 1 fully saturated rings. The number of hydrogen-bond donors (Lipinski definition) is 2. The van der Waals surface area contributed by atoms with E-state index in [1.807, 2.05) is 6.92 Å². The number of hydrogen-bond acceptors (Lipinski definition) is 3. The van der Waals surface area contributed by atoms with Crippen molar-refractivity contribution < 1.29 is 18.3 Å². The Balaban J connectivity index is 2.42. The van der Waals surface area contributed by atoms with Gasteiger partial charge in [0.25, 0.3) is 0 Å². The van der Waals surface area contributed by atoms with Crippen molar-refractivity contribution in [1.82, 2.24) is 4.72 Å². The fourth-order valence-electron chi connectivity index (χ4n) is 1.93. The monoisotopic (exact) mass is 249 g/mol. The van der Waals surface area contributed by atoms with Crippen molar-refractivity contribution in [2.45, 2.75) is 51.0 Å². The Morgan fingerprint density at radius 2 is 2.06 bits per heavy atom. The van der Waals surface area contributed by atoms with Gasteiger partial charge in [-0.25, -0.2) is 13.1 Å². The molecule has 0 bridgehead atoms. The van der Waals surface area contributed by atoms with E-state index in [0.29, 0.717) is 0 Å². The van der Waals surface area contributed by atoms with Gasteiger partial charge in [0, 0.05) is 12.0 Å². The lowest BCUT2D eigenvalue weighted by Gasteiger charge is -2.41. The van der Waals surface area contributed by atoms with Crippen molar-refractivity contribution in [3.8, 4) is 0 Å². The molecule has 0 amide bonds. The van der Waals surface area contributed by atoms with E-state index in [4.69, 9.17) is 5.11 Å². The van der Waals surface area contributed by atoms with Crippen LogP contribution in [0.1, 0.15) is 45.4 Å². The van der Waals surface area contributed by atoms with Crippen molar-refractivity contribution in [2.24, 2.45) is 0 Å². The van der Waals surface area contributed by atoms with Gasteiger partial charge in [-0.2, -0.15) is 0 Å². The minimum Gasteiger partial charge on any atom is -0.481 e. The van der Waals surface area contributed by atoms with Gasteiger partial charge in [-0.05, 0) is 32.1 Å². The second-order valence-corrected chi connectivity index (χ2v) is 6.25. The first-order valence-corrected chi connectivity index (χ1v) is 7.28. The zero-order valence-electron chi connectivity index (χ0n) is 9.53. The molecule has 0 heterocycles. The summed E-state index contributed by atoms with van der Waals surface area (Å²) in [4.78, 5) is 10.3. The minimum absolute atomic E-state index is 0.0962. The lowest BCUT2D eigenvalue weighted by atomic mass is 9.76. The molecule has 6 heteroatoms. The molecule has 0 aliphatic heterocycles. The number of carboxylic acid groups (broad SMARTS) is 1. The van der Waals surface area contributed by atoms with Gasteiger partial charge in [-0.15, -0.1) is 0 Å². The zero-order valence-corrected chi connectivity index (χ0v) is 10.3. The Morgan fingerprint density at radius 3 is 2.44 bits per heavy atom. The average Bonchev–Trinajstić information content (AvgIpc) is 2.10. The Labute approximate surface area is 96.3 Å². The van der Waals surface area contributed by atoms with E-state index in [0.717, 1.165) is 25.7 Å². The highest BCUT2D eigenvalue weighted by Crippen LogP contribution is 2.35. The predicted molar refractivity (Wildman–Crippen MR) is 60.7 cm³/mol. The van der Waals surface area contributed by atoms with Crippen LogP contribution >= 0.6 is 0 Å². The van der Waals surface area contributed by atoms with E-state index in [2.05, 4.69) is 4.72 Å². The van der Waals surface area contributed by atoms with Crippen LogP contribution in [0.4, 0.5) is 0 Å². The van der Waals surface area contributed by atoms with Gasteiger partial charge in [0.2, 0.25) is 10.0 Å². The maximum absolute atomic E-state index is 11.7. The fourth-order valence-corrected chi connectivity index (χ4v) is 3.56. The van der Waals surface area contributed by atoms with Crippen LogP contribution in [0.25, 0.3) is 0 Å². The Kier molecular flexibility index (Phi) is 4.32. The molecule has 0 atom stereocenters.